The lowest BCUT2D eigenvalue weighted by molar-refractivity contribution is -0.135. The molecule has 3 N–H and O–H groups in total. The van der Waals surface area contributed by atoms with Gasteiger partial charge >= 0.3 is 5.97 Å². The molecule has 0 bridgehead atoms. The van der Waals surface area contributed by atoms with Gasteiger partial charge in [0.1, 0.15) is 5.71 Å². The maximum atomic E-state index is 11.5. The van der Waals surface area contributed by atoms with Crippen molar-refractivity contribution in [2.45, 2.75) is 40.0 Å². The predicted molar refractivity (Wildman–Crippen MR) is 63.2 cm³/mol. The van der Waals surface area contributed by atoms with Crippen molar-refractivity contribution < 1.29 is 9.53 Å². The second-order valence-corrected chi connectivity index (χ2v) is 4.94. The minimum absolute atomic E-state index is 0.0767. The molecule has 0 aliphatic heterocycles. The molecule has 0 spiro atoms. The summed E-state index contributed by atoms with van der Waals surface area (Å²) in [5.41, 5.74) is 7.22. The number of esters is 1. The fraction of sp³-hybridized carbons (Fsp3) is 0.667. The summed E-state index contributed by atoms with van der Waals surface area (Å²) in [6.07, 6.45) is 2.43. The zero-order valence-corrected chi connectivity index (χ0v) is 10.2. The Hall–Kier alpha value is -1.32. The van der Waals surface area contributed by atoms with Gasteiger partial charge in [-0.15, -0.1) is 0 Å². The van der Waals surface area contributed by atoms with Crippen molar-refractivity contribution in [2.24, 2.45) is 11.1 Å². The maximum Gasteiger partial charge on any atom is 0.356 e. The number of hydrogen-bond donors (Lipinski definition) is 2. The van der Waals surface area contributed by atoms with Gasteiger partial charge in [-0.2, -0.15) is 0 Å². The van der Waals surface area contributed by atoms with Crippen molar-refractivity contribution in [3.05, 3.63) is 11.3 Å². The lowest BCUT2D eigenvalue weighted by Crippen LogP contribution is -2.29. The van der Waals surface area contributed by atoms with Crippen LogP contribution in [0.3, 0.4) is 0 Å². The Balaban J connectivity index is 2.86. The molecule has 0 unspecified atom stereocenters. The summed E-state index contributed by atoms with van der Waals surface area (Å²) in [7, 11) is 0. The molecule has 1 rings (SSSR count). The van der Waals surface area contributed by atoms with Crippen molar-refractivity contribution >= 4 is 11.7 Å². The first-order valence-electron chi connectivity index (χ1n) is 5.61. The van der Waals surface area contributed by atoms with Crippen LogP contribution in [0.25, 0.3) is 0 Å². The van der Waals surface area contributed by atoms with E-state index in [2.05, 4.69) is 13.8 Å². The van der Waals surface area contributed by atoms with Crippen LogP contribution in [0.1, 0.15) is 40.0 Å². The van der Waals surface area contributed by atoms with Gasteiger partial charge in [-0.1, -0.05) is 13.8 Å². The Labute approximate surface area is 96.4 Å². The van der Waals surface area contributed by atoms with Crippen LogP contribution >= 0.6 is 0 Å². The summed E-state index contributed by atoms with van der Waals surface area (Å²) < 4.78 is 4.82. The molecule has 0 atom stereocenters. The Morgan fingerprint density at radius 2 is 2.19 bits per heavy atom. The topological polar surface area (TPSA) is 76.2 Å². The minimum atomic E-state index is -0.571. The van der Waals surface area contributed by atoms with Gasteiger partial charge in [0.15, 0.2) is 0 Å². The number of carbonyl (C=O) groups is 1. The maximum absolute atomic E-state index is 11.5. The summed E-state index contributed by atoms with van der Waals surface area (Å²) in [5, 5.41) is 7.79. The third-order valence-corrected chi connectivity index (χ3v) is 2.90. The van der Waals surface area contributed by atoms with E-state index in [4.69, 9.17) is 15.9 Å². The standard InChI is InChI=1S/C12H20N2O2/c1-4-16-11(15)10(14)8-7-12(2,3)6-5-9(8)13/h14H,4-7,13H2,1-3H3. The third-order valence-electron chi connectivity index (χ3n) is 2.90. The van der Waals surface area contributed by atoms with Crippen molar-refractivity contribution in [3.63, 3.8) is 0 Å². The highest BCUT2D eigenvalue weighted by atomic mass is 16.5. The Morgan fingerprint density at radius 1 is 1.56 bits per heavy atom. The Kier molecular flexibility index (Phi) is 3.73. The molecule has 16 heavy (non-hydrogen) atoms. The van der Waals surface area contributed by atoms with Gasteiger partial charge in [0.2, 0.25) is 0 Å². The minimum Gasteiger partial charge on any atom is -0.461 e. The number of carbonyl (C=O) groups excluding carboxylic acids is 1. The van der Waals surface area contributed by atoms with Crippen LogP contribution in [-0.2, 0) is 9.53 Å². The first-order chi connectivity index (χ1) is 7.37. The van der Waals surface area contributed by atoms with Gasteiger partial charge in [0.25, 0.3) is 0 Å². The van der Waals surface area contributed by atoms with Crippen LogP contribution in [0.15, 0.2) is 11.3 Å². The molecular weight excluding hydrogens is 204 g/mol. The molecule has 1 aliphatic carbocycles. The molecule has 1 aliphatic rings. The zero-order valence-electron chi connectivity index (χ0n) is 10.2. The van der Waals surface area contributed by atoms with Gasteiger partial charge in [-0.05, 0) is 31.6 Å². The highest BCUT2D eigenvalue weighted by molar-refractivity contribution is 6.42. The highest BCUT2D eigenvalue weighted by Crippen LogP contribution is 2.37. The summed E-state index contributed by atoms with van der Waals surface area (Å²) in [4.78, 5) is 11.5. The SMILES string of the molecule is CCOC(=O)C(=N)C1=C(N)CCC(C)(C)C1. The van der Waals surface area contributed by atoms with E-state index in [1.165, 1.54) is 0 Å². The lowest BCUT2D eigenvalue weighted by Gasteiger charge is -2.31. The van der Waals surface area contributed by atoms with Crippen LogP contribution < -0.4 is 5.73 Å². The average Bonchev–Trinajstić information content (AvgIpc) is 2.21. The molecule has 4 nitrogen and oxygen atoms in total. The van der Waals surface area contributed by atoms with E-state index in [9.17, 15) is 4.79 Å². The van der Waals surface area contributed by atoms with E-state index in [0.717, 1.165) is 12.8 Å². The van der Waals surface area contributed by atoms with Crippen molar-refractivity contribution in [1.82, 2.24) is 0 Å². The summed E-state index contributed by atoms with van der Waals surface area (Å²) >= 11 is 0. The monoisotopic (exact) mass is 224 g/mol. The van der Waals surface area contributed by atoms with E-state index >= 15 is 0 Å². The van der Waals surface area contributed by atoms with Gasteiger partial charge in [-0.3, -0.25) is 5.41 Å². The molecule has 4 heteroatoms. The smallest absolute Gasteiger partial charge is 0.356 e. The van der Waals surface area contributed by atoms with Crippen LogP contribution in [0.4, 0.5) is 0 Å². The molecule has 0 fully saturated rings. The number of nitrogens with two attached hydrogens (primary N) is 1. The predicted octanol–water partition coefficient (Wildman–Crippen LogP) is 1.99. The number of ether oxygens (including phenoxy) is 1. The summed E-state index contributed by atoms with van der Waals surface area (Å²) in [5.74, 6) is -0.571. The number of hydrogen-bond acceptors (Lipinski definition) is 4. The largest absolute Gasteiger partial charge is 0.461 e. The molecule has 0 saturated heterocycles. The first kappa shape index (κ1) is 12.7. The molecular formula is C12H20N2O2. The quantitative estimate of drug-likeness (QED) is 0.568. The van der Waals surface area contributed by atoms with Crippen LogP contribution in [0.2, 0.25) is 0 Å². The molecule has 0 amide bonds. The number of allylic oxidation sites excluding steroid dienone is 1. The Morgan fingerprint density at radius 3 is 2.75 bits per heavy atom. The molecule has 0 aromatic heterocycles. The summed E-state index contributed by atoms with van der Waals surface area (Å²) in [6.45, 7) is 6.27. The highest BCUT2D eigenvalue weighted by Gasteiger charge is 2.30. The van der Waals surface area contributed by atoms with Gasteiger partial charge < -0.3 is 10.5 Å². The molecule has 0 radical (unpaired) electrons. The molecule has 0 aromatic rings. The van der Waals surface area contributed by atoms with Crippen LogP contribution in [-0.4, -0.2) is 18.3 Å². The second kappa shape index (κ2) is 4.68. The van der Waals surface area contributed by atoms with Crippen molar-refractivity contribution in [1.29, 1.82) is 5.41 Å². The fourth-order valence-corrected chi connectivity index (χ4v) is 1.88. The van der Waals surface area contributed by atoms with Crippen LogP contribution in [0, 0.1) is 10.8 Å². The van der Waals surface area contributed by atoms with Gasteiger partial charge in [0, 0.05) is 11.3 Å². The van der Waals surface area contributed by atoms with E-state index < -0.39 is 5.97 Å². The first-order valence-corrected chi connectivity index (χ1v) is 5.61. The number of nitrogens with one attached hydrogen (secondary N) is 1. The van der Waals surface area contributed by atoms with Gasteiger partial charge in [0.05, 0.1) is 6.61 Å². The zero-order chi connectivity index (χ0) is 12.3. The molecule has 90 valence electrons. The van der Waals surface area contributed by atoms with Crippen molar-refractivity contribution in [3.8, 4) is 0 Å². The van der Waals surface area contributed by atoms with E-state index in [1.54, 1.807) is 6.92 Å². The third kappa shape index (κ3) is 2.84. The van der Waals surface area contributed by atoms with E-state index in [-0.39, 0.29) is 17.7 Å². The van der Waals surface area contributed by atoms with Gasteiger partial charge in [-0.25, -0.2) is 4.79 Å². The van der Waals surface area contributed by atoms with Crippen molar-refractivity contribution in [2.75, 3.05) is 6.61 Å². The molecule has 0 aromatic carbocycles. The molecule has 0 saturated carbocycles. The fourth-order valence-electron chi connectivity index (χ4n) is 1.88. The lowest BCUT2D eigenvalue weighted by atomic mass is 9.75. The average molecular weight is 224 g/mol. The van der Waals surface area contributed by atoms with E-state index in [0.29, 0.717) is 17.7 Å². The van der Waals surface area contributed by atoms with E-state index in [1.807, 2.05) is 0 Å². The molecule has 0 heterocycles. The normalized spacial score (nSPS) is 19.4. The summed E-state index contributed by atoms with van der Waals surface area (Å²) in [6, 6.07) is 0. The second-order valence-electron chi connectivity index (χ2n) is 4.94. The number of rotatable bonds is 3. The Bertz CT molecular complexity index is 343. The van der Waals surface area contributed by atoms with Crippen LogP contribution in [0.5, 0.6) is 0 Å².